The summed E-state index contributed by atoms with van der Waals surface area (Å²) in [7, 11) is -3.15. The van der Waals surface area contributed by atoms with E-state index in [1.54, 1.807) is 0 Å². The molecule has 1 amide bonds. The highest BCUT2D eigenvalue weighted by molar-refractivity contribution is 7.88. The molecule has 0 aromatic carbocycles. The van der Waals surface area contributed by atoms with E-state index in [-0.39, 0.29) is 5.91 Å². The lowest BCUT2D eigenvalue weighted by Crippen LogP contribution is -2.46. The molecule has 1 rings (SSSR count). The Hall–Kier alpha value is -0.660. The van der Waals surface area contributed by atoms with Gasteiger partial charge in [-0.05, 0) is 19.3 Å². The van der Waals surface area contributed by atoms with E-state index in [4.69, 9.17) is 5.73 Å². The van der Waals surface area contributed by atoms with Gasteiger partial charge in [0.25, 0.3) is 0 Å². The van der Waals surface area contributed by atoms with Gasteiger partial charge in [-0.15, -0.1) is 0 Å². The molecule has 6 nitrogen and oxygen atoms in total. The number of hydrogen-bond acceptors (Lipinski definition) is 4. The van der Waals surface area contributed by atoms with Crippen molar-refractivity contribution in [2.45, 2.75) is 44.9 Å². The smallest absolute Gasteiger partial charge is 0.227 e. The molecule has 0 heterocycles. The monoisotopic (exact) mass is 305 g/mol. The van der Waals surface area contributed by atoms with Gasteiger partial charge in [0.05, 0.1) is 11.7 Å². The van der Waals surface area contributed by atoms with Crippen LogP contribution >= 0.6 is 0 Å². The lowest BCUT2D eigenvalue weighted by Gasteiger charge is -2.29. The fraction of sp³-hybridized carbons (Fsp3) is 0.923. The molecule has 0 spiro atoms. The Labute approximate surface area is 121 Å². The summed E-state index contributed by atoms with van der Waals surface area (Å²) in [6, 6.07) is 0. The molecule has 4 N–H and O–H groups in total. The number of carbonyl (C=O) groups excluding carboxylic acids is 1. The van der Waals surface area contributed by atoms with Gasteiger partial charge in [0, 0.05) is 19.6 Å². The SMILES string of the molecule is CS(=O)(=O)NCCCNC(=O)C1(CN)CCCCCC1. The van der Waals surface area contributed by atoms with Gasteiger partial charge in [0.1, 0.15) is 0 Å². The lowest BCUT2D eigenvalue weighted by atomic mass is 9.79. The summed E-state index contributed by atoms with van der Waals surface area (Å²) in [6.07, 6.45) is 7.88. The number of hydrogen-bond donors (Lipinski definition) is 3. The van der Waals surface area contributed by atoms with E-state index in [0.717, 1.165) is 31.9 Å². The van der Waals surface area contributed by atoms with Crippen LogP contribution in [0.2, 0.25) is 0 Å². The highest BCUT2D eigenvalue weighted by atomic mass is 32.2. The third-order valence-corrected chi connectivity index (χ3v) is 4.66. The van der Waals surface area contributed by atoms with Gasteiger partial charge < -0.3 is 11.1 Å². The predicted molar refractivity (Wildman–Crippen MR) is 79.7 cm³/mol. The minimum absolute atomic E-state index is 0.0289. The van der Waals surface area contributed by atoms with Crippen LogP contribution in [0.15, 0.2) is 0 Å². The zero-order valence-electron chi connectivity index (χ0n) is 12.3. The van der Waals surface area contributed by atoms with Crippen molar-refractivity contribution < 1.29 is 13.2 Å². The minimum Gasteiger partial charge on any atom is -0.356 e. The zero-order valence-corrected chi connectivity index (χ0v) is 13.1. The molecule has 0 saturated heterocycles. The first-order valence-corrected chi connectivity index (χ1v) is 9.22. The second-order valence-electron chi connectivity index (χ2n) is 5.67. The largest absolute Gasteiger partial charge is 0.356 e. The van der Waals surface area contributed by atoms with E-state index in [1.807, 2.05) is 0 Å². The van der Waals surface area contributed by atoms with Crippen molar-refractivity contribution in [1.29, 1.82) is 0 Å². The first-order valence-electron chi connectivity index (χ1n) is 7.33. The molecule has 0 radical (unpaired) electrons. The Morgan fingerprint density at radius 2 is 1.75 bits per heavy atom. The van der Waals surface area contributed by atoms with E-state index in [0.29, 0.717) is 26.1 Å². The maximum atomic E-state index is 12.3. The molecule has 1 fully saturated rings. The molecule has 1 aliphatic rings. The molecule has 0 unspecified atom stereocenters. The van der Waals surface area contributed by atoms with Gasteiger partial charge in [-0.1, -0.05) is 25.7 Å². The highest BCUT2D eigenvalue weighted by Crippen LogP contribution is 2.34. The molecule has 118 valence electrons. The van der Waals surface area contributed by atoms with Crippen molar-refractivity contribution in [1.82, 2.24) is 10.0 Å². The molecule has 0 aliphatic heterocycles. The summed E-state index contributed by atoms with van der Waals surface area (Å²) in [5.41, 5.74) is 5.43. The molecule has 20 heavy (non-hydrogen) atoms. The van der Waals surface area contributed by atoms with E-state index in [2.05, 4.69) is 10.0 Å². The Kier molecular flexibility index (Phi) is 6.91. The predicted octanol–water partition coefficient (Wildman–Crippen LogP) is 0.341. The highest BCUT2D eigenvalue weighted by Gasteiger charge is 2.36. The summed E-state index contributed by atoms with van der Waals surface area (Å²) < 4.78 is 24.2. The molecule has 1 aliphatic carbocycles. The van der Waals surface area contributed by atoms with Gasteiger partial charge in [-0.25, -0.2) is 13.1 Å². The molecular weight excluding hydrogens is 278 g/mol. The number of amides is 1. The fourth-order valence-corrected chi connectivity index (χ4v) is 3.18. The number of nitrogens with one attached hydrogen (secondary N) is 2. The van der Waals surface area contributed by atoms with Gasteiger partial charge in [-0.2, -0.15) is 0 Å². The van der Waals surface area contributed by atoms with Crippen molar-refractivity contribution in [3.8, 4) is 0 Å². The van der Waals surface area contributed by atoms with E-state index in [9.17, 15) is 13.2 Å². The molecule has 1 saturated carbocycles. The standard InChI is InChI=1S/C13H27N3O3S/c1-20(18,19)16-10-6-9-15-12(17)13(11-14)7-4-2-3-5-8-13/h16H,2-11,14H2,1H3,(H,15,17). The van der Waals surface area contributed by atoms with Crippen molar-refractivity contribution in [2.75, 3.05) is 25.9 Å². The molecule has 0 aromatic rings. The van der Waals surface area contributed by atoms with Crippen LogP contribution in [0.1, 0.15) is 44.9 Å². The van der Waals surface area contributed by atoms with Crippen LogP contribution in [0, 0.1) is 5.41 Å². The maximum absolute atomic E-state index is 12.3. The summed E-state index contributed by atoms with van der Waals surface area (Å²) >= 11 is 0. The summed E-state index contributed by atoms with van der Waals surface area (Å²) in [4.78, 5) is 12.3. The van der Waals surface area contributed by atoms with Crippen molar-refractivity contribution in [3.63, 3.8) is 0 Å². The molecule has 0 aromatic heterocycles. The quantitative estimate of drug-likeness (QED) is 0.466. The van der Waals surface area contributed by atoms with Gasteiger partial charge in [-0.3, -0.25) is 4.79 Å². The van der Waals surface area contributed by atoms with Crippen molar-refractivity contribution in [2.24, 2.45) is 11.1 Å². The molecule has 0 bridgehead atoms. The Bertz CT molecular complexity index is 401. The molecular formula is C13H27N3O3S. The van der Waals surface area contributed by atoms with Crippen LogP contribution in [-0.4, -0.2) is 40.2 Å². The average Bonchev–Trinajstić information content (AvgIpc) is 2.63. The third kappa shape index (κ3) is 5.76. The summed E-state index contributed by atoms with van der Waals surface area (Å²) in [5, 5.41) is 2.90. The van der Waals surface area contributed by atoms with Crippen LogP contribution in [-0.2, 0) is 14.8 Å². The number of carbonyl (C=O) groups is 1. The minimum atomic E-state index is -3.15. The first-order chi connectivity index (χ1) is 9.40. The van der Waals surface area contributed by atoms with E-state index >= 15 is 0 Å². The molecule has 0 atom stereocenters. The van der Waals surface area contributed by atoms with Crippen LogP contribution in [0.4, 0.5) is 0 Å². The van der Waals surface area contributed by atoms with Crippen molar-refractivity contribution in [3.05, 3.63) is 0 Å². The van der Waals surface area contributed by atoms with Crippen LogP contribution in [0.3, 0.4) is 0 Å². The fourth-order valence-electron chi connectivity index (χ4n) is 2.66. The van der Waals surface area contributed by atoms with Gasteiger partial charge >= 0.3 is 0 Å². The van der Waals surface area contributed by atoms with E-state index in [1.165, 1.54) is 12.8 Å². The topological polar surface area (TPSA) is 101 Å². The summed E-state index contributed by atoms with van der Waals surface area (Å²) in [6.45, 7) is 1.21. The summed E-state index contributed by atoms with van der Waals surface area (Å²) in [5.74, 6) is 0.0289. The van der Waals surface area contributed by atoms with Crippen LogP contribution < -0.4 is 15.8 Å². The first kappa shape index (κ1) is 17.4. The number of nitrogens with two attached hydrogens (primary N) is 1. The van der Waals surface area contributed by atoms with Crippen LogP contribution in [0.5, 0.6) is 0 Å². The van der Waals surface area contributed by atoms with Crippen LogP contribution in [0.25, 0.3) is 0 Å². The molecule has 7 heteroatoms. The second-order valence-corrected chi connectivity index (χ2v) is 7.51. The van der Waals surface area contributed by atoms with Crippen molar-refractivity contribution >= 4 is 15.9 Å². The Balaban J connectivity index is 2.36. The Morgan fingerprint density at radius 1 is 1.15 bits per heavy atom. The average molecular weight is 305 g/mol. The van der Waals surface area contributed by atoms with Gasteiger partial charge in [0.2, 0.25) is 15.9 Å². The number of sulfonamides is 1. The van der Waals surface area contributed by atoms with E-state index < -0.39 is 15.4 Å². The van der Waals surface area contributed by atoms with Gasteiger partial charge in [0.15, 0.2) is 0 Å². The maximum Gasteiger partial charge on any atom is 0.227 e. The lowest BCUT2D eigenvalue weighted by molar-refractivity contribution is -0.131. The number of rotatable bonds is 7. The third-order valence-electron chi connectivity index (χ3n) is 3.94. The zero-order chi connectivity index (χ0) is 15.1. The second kappa shape index (κ2) is 7.95. The Morgan fingerprint density at radius 3 is 2.25 bits per heavy atom. The normalized spacial score (nSPS) is 19.3.